The maximum atomic E-state index is 13.7. The van der Waals surface area contributed by atoms with E-state index in [-0.39, 0.29) is 111 Å². The van der Waals surface area contributed by atoms with Crippen LogP contribution in [0.3, 0.4) is 0 Å². The lowest BCUT2D eigenvalue weighted by molar-refractivity contribution is -0.207. The van der Waals surface area contributed by atoms with Gasteiger partial charge in [0.25, 0.3) is 0 Å². The van der Waals surface area contributed by atoms with E-state index in [0.717, 1.165) is 89.9 Å². The van der Waals surface area contributed by atoms with Crippen LogP contribution < -0.4 is 5.32 Å². The van der Waals surface area contributed by atoms with Crippen LogP contribution in [0.4, 0.5) is 0 Å². The average molecular weight is 798 g/mol. The molecule has 9 nitrogen and oxygen atoms in total. The van der Waals surface area contributed by atoms with Crippen molar-refractivity contribution in [3.63, 3.8) is 0 Å². The number of aliphatic hydroxyl groups excluding tert-OH is 5. The van der Waals surface area contributed by atoms with Crippen LogP contribution in [0.25, 0.3) is 0 Å². The monoisotopic (exact) mass is 798 g/mol. The van der Waals surface area contributed by atoms with E-state index in [0.29, 0.717) is 31.1 Å². The number of carboxylic acids is 1. The molecule has 0 spiro atoms. The van der Waals surface area contributed by atoms with E-state index >= 15 is 0 Å². The quantitative estimate of drug-likeness (QED) is 0.132. The molecule has 1 amide bonds. The Labute approximate surface area is 342 Å². The Morgan fingerprint density at radius 1 is 0.596 bits per heavy atom. The summed E-state index contributed by atoms with van der Waals surface area (Å²) in [6.45, 7) is 13.7. The SMILES string of the molecule is C[C@H](CCC(=O)N[C@H]1CC[C@@]2(C)[C@@H](C1)C[C@@H](O)[C@@H]1[C@@H]2C[C@H](O)[C@]2(C)[C@@H]([C@H](C)CCC(=O)O)CC[C@@H]12)[C@H]1CC[C@H]2[C@@H]3[C@H](O)C[C@@H]4C[C@H](O)CC[C@]4(C)[C@H]3CC(O)[C@]12C. The number of rotatable bonds is 9. The van der Waals surface area contributed by atoms with Crippen LogP contribution in [0.5, 0.6) is 0 Å². The summed E-state index contributed by atoms with van der Waals surface area (Å²) >= 11 is 0. The van der Waals surface area contributed by atoms with Gasteiger partial charge in [-0.2, -0.15) is 0 Å². The summed E-state index contributed by atoms with van der Waals surface area (Å²) in [5, 5.41) is 70.8. The number of fused-ring (bicyclic) bond motifs is 10. The molecule has 8 rings (SSSR count). The molecule has 0 bridgehead atoms. The van der Waals surface area contributed by atoms with E-state index in [1.165, 1.54) is 0 Å². The van der Waals surface area contributed by atoms with Gasteiger partial charge < -0.3 is 36.0 Å². The van der Waals surface area contributed by atoms with Crippen molar-refractivity contribution < 1.29 is 40.2 Å². The van der Waals surface area contributed by atoms with Crippen LogP contribution in [0.2, 0.25) is 0 Å². The van der Waals surface area contributed by atoms with Gasteiger partial charge in [0.2, 0.25) is 5.91 Å². The van der Waals surface area contributed by atoms with Crippen LogP contribution in [-0.4, -0.2) is 79.1 Å². The van der Waals surface area contributed by atoms with Crippen molar-refractivity contribution in [3.8, 4) is 0 Å². The summed E-state index contributed by atoms with van der Waals surface area (Å²) in [4.78, 5) is 25.0. The highest BCUT2D eigenvalue weighted by atomic mass is 16.4. The van der Waals surface area contributed by atoms with E-state index in [1.54, 1.807) is 0 Å². The minimum atomic E-state index is -0.764. The third-order valence-corrected chi connectivity index (χ3v) is 21.1. The predicted molar refractivity (Wildman–Crippen MR) is 218 cm³/mol. The van der Waals surface area contributed by atoms with Crippen LogP contribution in [0, 0.1) is 92.7 Å². The van der Waals surface area contributed by atoms with Crippen molar-refractivity contribution in [1.82, 2.24) is 5.32 Å². The first-order valence-electron chi connectivity index (χ1n) is 23.7. The summed E-state index contributed by atoms with van der Waals surface area (Å²) in [5.41, 5.74) is -0.514. The molecule has 324 valence electrons. The normalized spacial score (nSPS) is 53.9. The second-order valence-electron chi connectivity index (χ2n) is 23.1. The van der Waals surface area contributed by atoms with Crippen molar-refractivity contribution in [2.45, 2.75) is 194 Å². The van der Waals surface area contributed by atoms with Crippen LogP contribution in [0.15, 0.2) is 0 Å². The molecule has 8 saturated carbocycles. The Bertz CT molecular complexity index is 1510. The second-order valence-corrected chi connectivity index (χ2v) is 23.1. The first-order chi connectivity index (χ1) is 26.8. The largest absolute Gasteiger partial charge is 0.481 e. The average Bonchev–Trinajstić information content (AvgIpc) is 3.70. The van der Waals surface area contributed by atoms with E-state index in [1.807, 2.05) is 0 Å². The molecule has 7 N–H and O–H groups in total. The van der Waals surface area contributed by atoms with Crippen LogP contribution in [-0.2, 0) is 9.59 Å². The van der Waals surface area contributed by atoms with E-state index in [9.17, 15) is 40.2 Å². The lowest BCUT2D eigenvalue weighted by Crippen LogP contribution is -2.63. The molecule has 8 aliphatic rings. The lowest BCUT2D eigenvalue weighted by atomic mass is 9.43. The van der Waals surface area contributed by atoms with Gasteiger partial charge in [-0.1, -0.05) is 41.5 Å². The first-order valence-corrected chi connectivity index (χ1v) is 23.7. The second kappa shape index (κ2) is 15.3. The van der Waals surface area contributed by atoms with Gasteiger partial charge in [-0.3, -0.25) is 9.59 Å². The zero-order chi connectivity index (χ0) is 41.0. The lowest BCUT2D eigenvalue weighted by Gasteiger charge is -2.63. The zero-order valence-corrected chi connectivity index (χ0v) is 36.1. The molecular formula is C48H79NO8. The minimum Gasteiger partial charge on any atom is -0.481 e. The fourth-order valence-corrected chi connectivity index (χ4v) is 17.8. The van der Waals surface area contributed by atoms with Gasteiger partial charge in [0.05, 0.1) is 30.5 Å². The van der Waals surface area contributed by atoms with Gasteiger partial charge in [0.1, 0.15) is 0 Å². The Balaban J connectivity index is 0.867. The third-order valence-electron chi connectivity index (χ3n) is 21.1. The van der Waals surface area contributed by atoms with Crippen molar-refractivity contribution in [1.29, 1.82) is 0 Å². The van der Waals surface area contributed by atoms with Gasteiger partial charge in [-0.05, 0) is 195 Å². The molecule has 0 aromatic carbocycles. The topological polar surface area (TPSA) is 168 Å². The Hall–Kier alpha value is -1.26. The summed E-state index contributed by atoms with van der Waals surface area (Å²) in [6, 6.07) is 0.0868. The van der Waals surface area contributed by atoms with E-state index in [4.69, 9.17) is 0 Å². The van der Waals surface area contributed by atoms with Crippen LogP contribution in [0.1, 0.15) is 157 Å². The molecule has 0 aromatic rings. The minimum absolute atomic E-state index is 0.00569. The predicted octanol–water partition coefficient (Wildman–Crippen LogP) is 6.95. The maximum absolute atomic E-state index is 13.7. The smallest absolute Gasteiger partial charge is 0.303 e. The Morgan fingerprint density at radius 3 is 1.58 bits per heavy atom. The van der Waals surface area contributed by atoms with Gasteiger partial charge in [-0.15, -0.1) is 0 Å². The molecule has 0 radical (unpaired) electrons. The Morgan fingerprint density at radius 2 is 1.07 bits per heavy atom. The molecule has 9 heteroatoms. The highest BCUT2D eigenvalue weighted by Gasteiger charge is 2.67. The standard InChI is InChI=1S/C48H79NO8/c1-25(31-9-11-34-44-36(24-40(54)47(31,34)5)46(4)18-16-30(50)20-28(46)22-38(44)52)7-13-41(55)49-29-15-17-45(3)27(19-29)21-37(51)43-33-12-10-32(26(2)8-14-42(56)57)48(33,6)39(53)23-35(43)45/h25-40,43-44,50-54H,7-24H2,1-6H3,(H,49,55)(H,56,57)/t25-,26-,27+,28+,29+,30-,31-,32-,33+,34+,35+,36+,37-,38-,39+,40?,43+,44+,45+,46+,47-,48-/m1/s1. The van der Waals surface area contributed by atoms with Crippen molar-refractivity contribution >= 4 is 11.9 Å². The number of carbonyl (C=O) groups excluding carboxylic acids is 1. The number of aliphatic hydroxyl groups is 5. The third kappa shape index (κ3) is 6.70. The number of hydrogen-bond acceptors (Lipinski definition) is 7. The molecule has 8 fully saturated rings. The number of amides is 1. The number of carbonyl (C=O) groups is 2. The molecule has 0 heterocycles. The molecule has 0 saturated heterocycles. The number of nitrogens with one attached hydrogen (secondary N) is 1. The molecule has 0 aliphatic heterocycles. The maximum Gasteiger partial charge on any atom is 0.303 e. The summed E-state index contributed by atoms with van der Waals surface area (Å²) < 4.78 is 0. The van der Waals surface area contributed by atoms with Crippen molar-refractivity contribution in [3.05, 3.63) is 0 Å². The van der Waals surface area contributed by atoms with Gasteiger partial charge in [-0.25, -0.2) is 0 Å². The zero-order valence-electron chi connectivity index (χ0n) is 36.1. The van der Waals surface area contributed by atoms with Gasteiger partial charge in [0.15, 0.2) is 0 Å². The highest BCUT2D eigenvalue weighted by Crippen LogP contribution is 2.70. The summed E-state index contributed by atoms with van der Waals surface area (Å²) in [6.07, 6.45) is 12.3. The summed E-state index contributed by atoms with van der Waals surface area (Å²) in [5.74, 6) is 2.37. The molecule has 0 aromatic heterocycles. The first kappa shape index (κ1) is 42.4. The fraction of sp³-hybridized carbons (Fsp3) is 0.958. The highest BCUT2D eigenvalue weighted by molar-refractivity contribution is 5.76. The van der Waals surface area contributed by atoms with Gasteiger partial charge >= 0.3 is 5.97 Å². The molecule has 57 heavy (non-hydrogen) atoms. The molecule has 22 atom stereocenters. The van der Waals surface area contributed by atoms with Crippen LogP contribution >= 0.6 is 0 Å². The molecular weight excluding hydrogens is 719 g/mol. The molecule has 1 unspecified atom stereocenters. The van der Waals surface area contributed by atoms with E-state index < -0.39 is 24.3 Å². The number of hydrogen-bond donors (Lipinski definition) is 7. The summed E-state index contributed by atoms with van der Waals surface area (Å²) in [7, 11) is 0. The van der Waals surface area contributed by atoms with Gasteiger partial charge in [0, 0.05) is 18.9 Å². The van der Waals surface area contributed by atoms with Crippen molar-refractivity contribution in [2.24, 2.45) is 92.7 Å². The fourth-order valence-electron chi connectivity index (χ4n) is 17.8. The Kier molecular flexibility index (Phi) is 11.4. The number of carboxylic acid groups (broad SMARTS) is 1. The van der Waals surface area contributed by atoms with E-state index in [2.05, 4.69) is 46.9 Å². The molecule has 8 aliphatic carbocycles. The van der Waals surface area contributed by atoms with Crippen molar-refractivity contribution in [2.75, 3.05) is 0 Å². The number of aliphatic carboxylic acids is 1.